The molecule has 0 amide bonds. The third-order valence-corrected chi connectivity index (χ3v) is 2.45. The van der Waals surface area contributed by atoms with Crippen molar-refractivity contribution in [2.45, 2.75) is 26.5 Å². The van der Waals surface area contributed by atoms with E-state index < -0.39 is 0 Å². The maximum atomic E-state index is 5.53. The van der Waals surface area contributed by atoms with E-state index in [-0.39, 0.29) is 0 Å². The summed E-state index contributed by atoms with van der Waals surface area (Å²) in [4.78, 5) is 3.89. The van der Waals surface area contributed by atoms with Crippen LogP contribution in [0.25, 0.3) is 0 Å². The van der Waals surface area contributed by atoms with E-state index in [0.717, 1.165) is 25.3 Å². The number of hydrogen-bond acceptors (Lipinski definition) is 5. The lowest BCUT2D eigenvalue weighted by molar-refractivity contribution is 0.286. The molecule has 1 N–H and O–H groups in total. The Hall–Kier alpha value is -1.88. The first-order chi connectivity index (χ1) is 8.88. The minimum absolute atomic E-state index is 0.323. The van der Waals surface area contributed by atoms with Gasteiger partial charge in [-0.05, 0) is 30.7 Å². The standard InChI is InChI=1S/C13H17N3O2/c1-2-7-14-8-11-3-5-12(6-4-11)17-9-13-15-10-18-16-13/h3-6,10,14H,2,7-9H2,1H3. The average molecular weight is 247 g/mol. The van der Waals surface area contributed by atoms with Gasteiger partial charge in [-0.25, -0.2) is 0 Å². The summed E-state index contributed by atoms with van der Waals surface area (Å²) in [7, 11) is 0. The highest BCUT2D eigenvalue weighted by atomic mass is 16.5. The van der Waals surface area contributed by atoms with Crippen molar-refractivity contribution >= 4 is 0 Å². The number of rotatable bonds is 7. The fourth-order valence-electron chi connectivity index (χ4n) is 1.52. The molecular formula is C13H17N3O2. The normalized spacial score (nSPS) is 10.5. The molecule has 0 radical (unpaired) electrons. The second-order valence-electron chi connectivity index (χ2n) is 3.96. The first kappa shape index (κ1) is 12.6. The highest BCUT2D eigenvalue weighted by Gasteiger charge is 2.00. The summed E-state index contributed by atoms with van der Waals surface area (Å²) in [6.07, 6.45) is 2.44. The summed E-state index contributed by atoms with van der Waals surface area (Å²) in [5.74, 6) is 1.35. The molecule has 2 rings (SSSR count). The zero-order valence-corrected chi connectivity index (χ0v) is 10.4. The van der Waals surface area contributed by atoms with Crippen LogP contribution in [0, 0.1) is 0 Å². The highest BCUT2D eigenvalue weighted by Crippen LogP contribution is 2.13. The molecule has 5 nitrogen and oxygen atoms in total. The number of ether oxygens (including phenoxy) is 1. The van der Waals surface area contributed by atoms with Crippen LogP contribution in [-0.2, 0) is 13.2 Å². The summed E-state index contributed by atoms with van der Waals surface area (Å²) in [6.45, 7) is 4.40. The first-order valence-electron chi connectivity index (χ1n) is 6.06. The molecule has 1 aromatic carbocycles. The van der Waals surface area contributed by atoms with Crippen molar-refractivity contribution in [1.29, 1.82) is 0 Å². The van der Waals surface area contributed by atoms with Gasteiger partial charge in [0.05, 0.1) is 0 Å². The maximum Gasteiger partial charge on any atom is 0.213 e. The summed E-state index contributed by atoms with van der Waals surface area (Å²) in [5.41, 5.74) is 1.25. The van der Waals surface area contributed by atoms with Gasteiger partial charge in [-0.2, -0.15) is 4.98 Å². The Morgan fingerprint density at radius 1 is 1.28 bits per heavy atom. The number of benzene rings is 1. The van der Waals surface area contributed by atoms with Crippen LogP contribution in [-0.4, -0.2) is 16.7 Å². The molecule has 0 fully saturated rings. The highest BCUT2D eigenvalue weighted by molar-refractivity contribution is 5.27. The van der Waals surface area contributed by atoms with Gasteiger partial charge in [-0.3, -0.25) is 0 Å². The van der Waals surface area contributed by atoms with Crippen LogP contribution in [0.1, 0.15) is 24.7 Å². The van der Waals surface area contributed by atoms with Crippen LogP contribution in [0.4, 0.5) is 0 Å². The van der Waals surface area contributed by atoms with Gasteiger partial charge in [0, 0.05) is 6.54 Å². The van der Waals surface area contributed by atoms with Crippen molar-refractivity contribution in [2.75, 3.05) is 6.54 Å². The van der Waals surface area contributed by atoms with Gasteiger partial charge in [0.15, 0.2) is 6.61 Å². The van der Waals surface area contributed by atoms with Gasteiger partial charge in [-0.15, -0.1) is 0 Å². The van der Waals surface area contributed by atoms with Gasteiger partial charge in [0.2, 0.25) is 12.2 Å². The molecule has 2 aromatic rings. The van der Waals surface area contributed by atoms with Gasteiger partial charge < -0.3 is 14.6 Å². The van der Waals surface area contributed by atoms with E-state index in [4.69, 9.17) is 4.74 Å². The topological polar surface area (TPSA) is 60.2 Å². The number of aromatic nitrogens is 2. The second-order valence-corrected chi connectivity index (χ2v) is 3.96. The SMILES string of the molecule is CCCNCc1ccc(OCc2ncon2)cc1. The monoisotopic (exact) mass is 247 g/mol. The Balaban J connectivity index is 1.80. The predicted octanol–water partition coefficient (Wildman–Crippen LogP) is 2.15. The van der Waals surface area contributed by atoms with Crippen LogP contribution in [0.3, 0.4) is 0 Å². The van der Waals surface area contributed by atoms with Crippen LogP contribution in [0.2, 0.25) is 0 Å². The first-order valence-corrected chi connectivity index (χ1v) is 6.06. The lowest BCUT2D eigenvalue weighted by Gasteiger charge is -2.06. The minimum Gasteiger partial charge on any atom is -0.485 e. The number of nitrogens with zero attached hydrogens (tertiary/aromatic N) is 2. The van der Waals surface area contributed by atoms with E-state index in [0.29, 0.717) is 12.4 Å². The summed E-state index contributed by atoms with van der Waals surface area (Å²) in [6, 6.07) is 7.99. The summed E-state index contributed by atoms with van der Waals surface area (Å²) in [5, 5.41) is 7.03. The molecular weight excluding hydrogens is 230 g/mol. The van der Waals surface area contributed by atoms with E-state index in [1.165, 1.54) is 12.0 Å². The van der Waals surface area contributed by atoms with E-state index in [1.54, 1.807) is 0 Å². The van der Waals surface area contributed by atoms with Gasteiger partial charge in [-0.1, -0.05) is 24.2 Å². The van der Waals surface area contributed by atoms with Crippen molar-refractivity contribution in [3.8, 4) is 5.75 Å². The lowest BCUT2D eigenvalue weighted by atomic mass is 10.2. The van der Waals surface area contributed by atoms with Crippen molar-refractivity contribution in [3.63, 3.8) is 0 Å². The van der Waals surface area contributed by atoms with Crippen molar-refractivity contribution in [1.82, 2.24) is 15.5 Å². The van der Waals surface area contributed by atoms with Crippen LogP contribution in [0.5, 0.6) is 5.75 Å². The summed E-state index contributed by atoms with van der Waals surface area (Å²) >= 11 is 0. The van der Waals surface area contributed by atoms with Crippen molar-refractivity contribution in [2.24, 2.45) is 0 Å². The number of hydrogen-bond donors (Lipinski definition) is 1. The van der Waals surface area contributed by atoms with Crippen LogP contribution in [0.15, 0.2) is 35.2 Å². The van der Waals surface area contributed by atoms with Crippen molar-refractivity contribution in [3.05, 3.63) is 42.0 Å². The minimum atomic E-state index is 0.323. The average Bonchev–Trinajstić information content (AvgIpc) is 2.91. The molecule has 0 spiro atoms. The fraction of sp³-hybridized carbons (Fsp3) is 0.385. The maximum absolute atomic E-state index is 5.53. The largest absolute Gasteiger partial charge is 0.485 e. The molecule has 0 aliphatic rings. The molecule has 0 saturated heterocycles. The van der Waals surface area contributed by atoms with E-state index in [9.17, 15) is 0 Å². The molecule has 5 heteroatoms. The van der Waals surface area contributed by atoms with E-state index >= 15 is 0 Å². The molecule has 1 aromatic heterocycles. The zero-order chi connectivity index (χ0) is 12.6. The Labute approximate surface area is 106 Å². The molecule has 0 aliphatic heterocycles. The lowest BCUT2D eigenvalue weighted by Crippen LogP contribution is -2.13. The third kappa shape index (κ3) is 3.85. The van der Waals surface area contributed by atoms with Gasteiger partial charge in [0.25, 0.3) is 0 Å². The molecule has 96 valence electrons. The molecule has 0 bridgehead atoms. The van der Waals surface area contributed by atoms with Crippen molar-refractivity contribution < 1.29 is 9.26 Å². The predicted molar refractivity (Wildman–Crippen MR) is 67.1 cm³/mol. The molecule has 1 heterocycles. The van der Waals surface area contributed by atoms with Gasteiger partial charge >= 0.3 is 0 Å². The molecule has 0 atom stereocenters. The van der Waals surface area contributed by atoms with E-state index in [2.05, 4.69) is 26.9 Å². The third-order valence-electron chi connectivity index (χ3n) is 2.45. The molecule has 0 saturated carbocycles. The Kier molecular flexibility index (Phi) is 4.72. The molecule has 0 unspecified atom stereocenters. The van der Waals surface area contributed by atoms with Gasteiger partial charge in [0.1, 0.15) is 5.75 Å². The fourth-order valence-corrected chi connectivity index (χ4v) is 1.52. The quantitative estimate of drug-likeness (QED) is 0.760. The Morgan fingerprint density at radius 3 is 2.78 bits per heavy atom. The number of nitrogens with one attached hydrogen (secondary N) is 1. The molecule has 0 aliphatic carbocycles. The molecule has 18 heavy (non-hydrogen) atoms. The van der Waals surface area contributed by atoms with Crippen LogP contribution >= 0.6 is 0 Å². The summed E-state index contributed by atoms with van der Waals surface area (Å²) < 4.78 is 10.2. The Bertz CT molecular complexity index is 440. The Morgan fingerprint density at radius 2 is 2.11 bits per heavy atom. The van der Waals surface area contributed by atoms with Crippen LogP contribution < -0.4 is 10.1 Å². The second kappa shape index (κ2) is 6.76. The zero-order valence-electron chi connectivity index (χ0n) is 10.4. The van der Waals surface area contributed by atoms with E-state index in [1.807, 2.05) is 24.3 Å². The smallest absolute Gasteiger partial charge is 0.213 e.